The maximum Gasteiger partial charge on any atom is 0.186 e. The van der Waals surface area contributed by atoms with Gasteiger partial charge in [-0.3, -0.25) is 0 Å². The van der Waals surface area contributed by atoms with Crippen LogP contribution < -0.4 is 20.9 Å². The Morgan fingerprint density at radius 3 is 2.44 bits per heavy atom. The van der Waals surface area contributed by atoms with Crippen LogP contribution in [0, 0.1) is 0 Å². The van der Waals surface area contributed by atoms with Crippen LogP contribution in [0.5, 0.6) is 11.5 Å². The van der Waals surface area contributed by atoms with Crippen molar-refractivity contribution in [3.63, 3.8) is 0 Å². The molecule has 0 atom stereocenters. The fourth-order valence-electron chi connectivity index (χ4n) is 1.16. The van der Waals surface area contributed by atoms with Crippen LogP contribution in [0.25, 0.3) is 0 Å². The lowest BCUT2D eigenvalue weighted by Crippen LogP contribution is -2.22. The van der Waals surface area contributed by atoms with Crippen LogP contribution in [0.1, 0.15) is 5.56 Å². The molecular weight excluding hydrogens is 230 g/mol. The highest BCUT2D eigenvalue weighted by Gasteiger charge is 2.03. The first-order chi connectivity index (χ1) is 7.17. The summed E-state index contributed by atoms with van der Waals surface area (Å²) in [5.41, 5.74) is 11.4. The summed E-state index contributed by atoms with van der Waals surface area (Å²) in [6.07, 6.45) is 0. The van der Waals surface area contributed by atoms with E-state index >= 15 is 0 Å². The molecule has 5 nitrogen and oxygen atoms in total. The van der Waals surface area contributed by atoms with E-state index in [0.717, 1.165) is 11.3 Å². The van der Waals surface area contributed by atoms with E-state index in [1.54, 1.807) is 20.3 Å². The van der Waals surface area contributed by atoms with Gasteiger partial charge in [0.2, 0.25) is 0 Å². The first-order valence-electron chi connectivity index (χ1n) is 4.43. The van der Waals surface area contributed by atoms with Gasteiger partial charge in [0.1, 0.15) is 11.5 Å². The van der Waals surface area contributed by atoms with E-state index in [9.17, 15) is 0 Å². The van der Waals surface area contributed by atoms with E-state index in [1.807, 2.05) is 12.1 Å². The largest absolute Gasteiger partial charge is 0.497 e. The predicted molar refractivity (Wildman–Crippen MR) is 66.3 cm³/mol. The highest BCUT2D eigenvalue weighted by molar-refractivity contribution is 5.85. The summed E-state index contributed by atoms with van der Waals surface area (Å²) in [7, 11) is 3.19. The van der Waals surface area contributed by atoms with Gasteiger partial charge in [0.25, 0.3) is 0 Å². The first-order valence-corrected chi connectivity index (χ1v) is 4.43. The molecule has 0 saturated carbocycles. The minimum Gasteiger partial charge on any atom is -0.497 e. The molecule has 0 spiro atoms. The van der Waals surface area contributed by atoms with Crippen LogP contribution in [0.4, 0.5) is 0 Å². The summed E-state index contributed by atoms with van der Waals surface area (Å²) in [5.74, 6) is 1.51. The number of methoxy groups -OCH3 is 2. The van der Waals surface area contributed by atoms with Crippen LogP contribution >= 0.6 is 12.4 Å². The van der Waals surface area contributed by atoms with E-state index in [2.05, 4.69) is 4.99 Å². The molecule has 6 heteroatoms. The van der Waals surface area contributed by atoms with E-state index < -0.39 is 0 Å². The molecule has 0 aromatic heterocycles. The summed E-state index contributed by atoms with van der Waals surface area (Å²) in [5, 5.41) is 0. The Hall–Kier alpha value is -1.62. The molecule has 0 aliphatic carbocycles. The van der Waals surface area contributed by atoms with Crippen molar-refractivity contribution in [2.45, 2.75) is 6.54 Å². The molecule has 0 radical (unpaired) electrons. The number of halogens is 1. The van der Waals surface area contributed by atoms with Gasteiger partial charge in [0, 0.05) is 11.6 Å². The summed E-state index contributed by atoms with van der Waals surface area (Å²) in [6, 6.07) is 5.49. The Bertz CT molecular complexity index is 365. The van der Waals surface area contributed by atoms with Crippen molar-refractivity contribution >= 4 is 18.4 Å². The smallest absolute Gasteiger partial charge is 0.186 e. The number of hydrogen-bond acceptors (Lipinski definition) is 3. The third kappa shape index (κ3) is 3.86. The molecule has 0 unspecified atom stereocenters. The lowest BCUT2D eigenvalue weighted by Gasteiger charge is -2.08. The van der Waals surface area contributed by atoms with Crippen molar-refractivity contribution in [3.05, 3.63) is 23.8 Å². The van der Waals surface area contributed by atoms with Crippen LogP contribution in [-0.2, 0) is 6.54 Å². The quantitative estimate of drug-likeness (QED) is 0.610. The third-order valence-electron chi connectivity index (χ3n) is 1.93. The molecule has 0 aliphatic rings. The standard InChI is InChI=1S/C10H15N3O2.ClH/c1-14-8-4-3-7(6-13-10(11)12)9(5-8)15-2;/h3-5H,6H2,1-2H3,(H4,11,12,13);1H. The lowest BCUT2D eigenvalue weighted by molar-refractivity contribution is 0.391. The number of rotatable bonds is 4. The fourth-order valence-corrected chi connectivity index (χ4v) is 1.16. The molecular formula is C10H16ClN3O2. The van der Waals surface area contributed by atoms with Crippen molar-refractivity contribution < 1.29 is 9.47 Å². The molecule has 1 rings (SSSR count). The highest BCUT2D eigenvalue weighted by atomic mass is 35.5. The molecule has 0 fully saturated rings. The number of aliphatic imine (C=N–C) groups is 1. The molecule has 1 aromatic rings. The van der Waals surface area contributed by atoms with Gasteiger partial charge in [-0.1, -0.05) is 0 Å². The number of nitrogens with two attached hydrogens (primary N) is 2. The van der Waals surface area contributed by atoms with Gasteiger partial charge in [-0.15, -0.1) is 12.4 Å². The maximum absolute atomic E-state index is 5.25. The van der Waals surface area contributed by atoms with Crippen molar-refractivity contribution in [2.75, 3.05) is 14.2 Å². The van der Waals surface area contributed by atoms with Crippen LogP contribution in [0.3, 0.4) is 0 Å². The summed E-state index contributed by atoms with van der Waals surface area (Å²) >= 11 is 0. The zero-order valence-corrected chi connectivity index (χ0v) is 10.1. The number of hydrogen-bond donors (Lipinski definition) is 2. The Balaban J connectivity index is 0.00000225. The number of nitrogens with zero attached hydrogens (tertiary/aromatic N) is 1. The monoisotopic (exact) mass is 245 g/mol. The van der Waals surface area contributed by atoms with Crippen LogP contribution in [-0.4, -0.2) is 20.2 Å². The minimum atomic E-state index is 0. The maximum atomic E-state index is 5.25. The molecule has 0 aliphatic heterocycles. The number of ether oxygens (including phenoxy) is 2. The summed E-state index contributed by atoms with van der Waals surface area (Å²) < 4.78 is 10.3. The molecule has 0 saturated heterocycles. The third-order valence-corrected chi connectivity index (χ3v) is 1.93. The van der Waals surface area contributed by atoms with Crippen molar-refractivity contribution in [2.24, 2.45) is 16.5 Å². The molecule has 1 aromatic carbocycles. The Labute approximate surface area is 101 Å². The molecule has 4 N–H and O–H groups in total. The van der Waals surface area contributed by atoms with Gasteiger partial charge in [0.05, 0.1) is 20.8 Å². The van der Waals surface area contributed by atoms with Crippen LogP contribution in [0.15, 0.2) is 23.2 Å². The lowest BCUT2D eigenvalue weighted by atomic mass is 10.2. The molecule has 0 amide bonds. The summed E-state index contributed by atoms with van der Waals surface area (Å²) in [6.45, 7) is 0.398. The van der Waals surface area contributed by atoms with Crippen molar-refractivity contribution in [3.8, 4) is 11.5 Å². The fraction of sp³-hybridized carbons (Fsp3) is 0.300. The average molecular weight is 246 g/mol. The second-order valence-corrected chi connectivity index (χ2v) is 2.92. The van der Waals surface area contributed by atoms with E-state index in [1.165, 1.54) is 0 Å². The van der Waals surface area contributed by atoms with Crippen molar-refractivity contribution in [1.82, 2.24) is 0 Å². The molecule has 0 bridgehead atoms. The normalized spacial score (nSPS) is 8.88. The number of guanidine groups is 1. The summed E-state index contributed by atoms with van der Waals surface area (Å²) in [4.78, 5) is 3.91. The van der Waals surface area contributed by atoms with Gasteiger partial charge in [-0.2, -0.15) is 0 Å². The first kappa shape index (κ1) is 14.4. The van der Waals surface area contributed by atoms with Gasteiger partial charge in [-0.05, 0) is 12.1 Å². The van der Waals surface area contributed by atoms with Gasteiger partial charge in [0.15, 0.2) is 5.96 Å². The second kappa shape index (κ2) is 6.79. The Morgan fingerprint density at radius 2 is 1.94 bits per heavy atom. The van der Waals surface area contributed by atoms with Gasteiger partial charge < -0.3 is 20.9 Å². The Kier molecular flexibility index (Phi) is 6.10. The number of benzene rings is 1. The zero-order valence-electron chi connectivity index (χ0n) is 9.27. The van der Waals surface area contributed by atoms with E-state index in [0.29, 0.717) is 12.3 Å². The van der Waals surface area contributed by atoms with Gasteiger partial charge in [-0.25, -0.2) is 4.99 Å². The minimum absolute atomic E-state index is 0. The molecule has 16 heavy (non-hydrogen) atoms. The van der Waals surface area contributed by atoms with Crippen LogP contribution in [0.2, 0.25) is 0 Å². The predicted octanol–water partition coefficient (Wildman–Crippen LogP) is 0.899. The van der Waals surface area contributed by atoms with Crippen molar-refractivity contribution in [1.29, 1.82) is 0 Å². The highest BCUT2D eigenvalue weighted by Crippen LogP contribution is 2.24. The van der Waals surface area contributed by atoms with E-state index in [-0.39, 0.29) is 18.4 Å². The average Bonchev–Trinajstić information content (AvgIpc) is 2.25. The molecule has 0 heterocycles. The second-order valence-electron chi connectivity index (χ2n) is 2.92. The SMILES string of the molecule is COc1ccc(CN=C(N)N)c(OC)c1.Cl. The molecule has 90 valence electrons. The Morgan fingerprint density at radius 1 is 1.25 bits per heavy atom. The zero-order chi connectivity index (χ0) is 11.3. The van der Waals surface area contributed by atoms with E-state index in [4.69, 9.17) is 20.9 Å². The topological polar surface area (TPSA) is 82.9 Å². The van der Waals surface area contributed by atoms with Gasteiger partial charge >= 0.3 is 0 Å².